The van der Waals surface area contributed by atoms with Gasteiger partial charge in [-0.25, -0.2) is 4.98 Å². The number of amides is 2. The van der Waals surface area contributed by atoms with E-state index in [4.69, 9.17) is 5.73 Å². The Balaban J connectivity index is 1.67. The summed E-state index contributed by atoms with van der Waals surface area (Å²) in [5.41, 5.74) is 7.25. The highest BCUT2D eigenvalue weighted by Crippen LogP contribution is 2.21. The molecule has 1 saturated heterocycles. The van der Waals surface area contributed by atoms with Gasteiger partial charge in [0.2, 0.25) is 11.8 Å². The van der Waals surface area contributed by atoms with E-state index in [9.17, 15) is 9.59 Å². The first-order valence-corrected chi connectivity index (χ1v) is 7.16. The van der Waals surface area contributed by atoms with Crippen molar-refractivity contribution in [2.45, 2.75) is 31.7 Å². The minimum Gasteiger partial charge on any atom is -0.368 e. The smallest absolute Gasteiger partial charge is 0.240 e. The molecule has 0 aromatic carbocycles. The van der Waals surface area contributed by atoms with Crippen LogP contribution in [0.3, 0.4) is 0 Å². The minimum absolute atomic E-state index is 0.00506. The number of pyridine rings is 1. The van der Waals surface area contributed by atoms with Gasteiger partial charge in [-0.15, -0.1) is 0 Å². The average Bonchev–Trinajstić information content (AvgIpc) is 3.12. The lowest BCUT2D eigenvalue weighted by atomic mass is 10.1. The van der Waals surface area contributed by atoms with Gasteiger partial charge >= 0.3 is 0 Å². The number of nitrogens with two attached hydrogens (primary N) is 1. The Morgan fingerprint density at radius 1 is 1.48 bits per heavy atom. The summed E-state index contributed by atoms with van der Waals surface area (Å²) in [6.07, 6.45) is 6.16. The average molecular weight is 286 g/mol. The van der Waals surface area contributed by atoms with Crippen molar-refractivity contribution in [3.05, 3.63) is 30.1 Å². The van der Waals surface area contributed by atoms with Crippen LogP contribution in [0.4, 0.5) is 0 Å². The molecule has 6 nitrogen and oxygen atoms in total. The molecular formula is C15H18N4O2. The second-order valence-electron chi connectivity index (χ2n) is 5.36. The summed E-state index contributed by atoms with van der Waals surface area (Å²) in [5, 5.41) is 1.04. The zero-order chi connectivity index (χ0) is 14.8. The van der Waals surface area contributed by atoms with E-state index in [0.717, 1.165) is 23.0 Å². The number of H-pyrrole nitrogens is 1. The van der Waals surface area contributed by atoms with Crippen LogP contribution in [0.15, 0.2) is 24.5 Å². The Kier molecular flexibility index (Phi) is 3.60. The third-order valence-corrected chi connectivity index (χ3v) is 4.05. The molecule has 0 spiro atoms. The number of aromatic nitrogens is 2. The van der Waals surface area contributed by atoms with Crippen LogP contribution in [0, 0.1) is 0 Å². The summed E-state index contributed by atoms with van der Waals surface area (Å²) in [7, 11) is 0. The molecule has 1 aliphatic heterocycles. The second kappa shape index (κ2) is 5.55. The fourth-order valence-corrected chi connectivity index (χ4v) is 2.97. The van der Waals surface area contributed by atoms with Crippen LogP contribution >= 0.6 is 0 Å². The van der Waals surface area contributed by atoms with Gasteiger partial charge < -0.3 is 15.6 Å². The lowest BCUT2D eigenvalue weighted by Gasteiger charge is -2.22. The highest BCUT2D eigenvalue weighted by atomic mass is 16.2. The van der Waals surface area contributed by atoms with Crippen LogP contribution in [-0.4, -0.2) is 39.3 Å². The molecule has 2 amide bonds. The van der Waals surface area contributed by atoms with Crippen LogP contribution in [0.25, 0.3) is 11.0 Å². The first kappa shape index (κ1) is 13.6. The lowest BCUT2D eigenvalue weighted by Crippen LogP contribution is -2.43. The Bertz CT molecular complexity index is 679. The van der Waals surface area contributed by atoms with E-state index < -0.39 is 11.9 Å². The summed E-state index contributed by atoms with van der Waals surface area (Å²) in [6.45, 7) is 0.627. The van der Waals surface area contributed by atoms with Crippen LogP contribution in [-0.2, 0) is 16.0 Å². The van der Waals surface area contributed by atoms with Crippen LogP contribution in [0.5, 0.6) is 0 Å². The first-order valence-electron chi connectivity index (χ1n) is 7.16. The van der Waals surface area contributed by atoms with Crippen molar-refractivity contribution in [2.24, 2.45) is 5.73 Å². The number of nitrogens with zero attached hydrogens (tertiary/aromatic N) is 2. The largest absolute Gasteiger partial charge is 0.368 e. The molecule has 3 rings (SSSR count). The molecule has 6 heteroatoms. The van der Waals surface area contributed by atoms with E-state index in [1.165, 1.54) is 0 Å². The second-order valence-corrected chi connectivity index (χ2v) is 5.36. The van der Waals surface area contributed by atoms with Gasteiger partial charge in [0, 0.05) is 30.7 Å². The fourth-order valence-electron chi connectivity index (χ4n) is 2.97. The molecule has 1 aliphatic rings. The summed E-state index contributed by atoms with van der Waals surface area (Å²) in [6, 6.07) is 3.44. The zero-order valence-corrected chi connectivity index (χ0v) is 11.7. The molecule has 2 aromatic rings. The van der Waals surface area contributed by atoms with E-state index >= 15 is 0 Å². The number of hydrogen-bond acceptors (Lipinski definition) is 3. The molecule has 0 bridgehead atoms. The summed E-state index contributed by atoms with van der Waals surface area (Å²) in [4.78, 5) is 32.6. The molecule has 110 valence electrons. The monoisotopic (exact) mass is 286 g/mol. The Labute approximate surface area is 122 Å². The number of carbonyl (C=O) groups excluding carboxylic acids is 2. The van der Waals surface area contributed by atoms with Gasteiger partial charge in [0.05, 0.1) is 0 Å². The van der Waals surface area contributed by atoms with Gasteiger partial charge in [-0.1, -0.05) is 0 Å². The van der Waals surface area contributed by atoms with E-state index in [2.05, 4.69) is 9.97 Å². The molecule has 3 N–H and O–H groups in total. The van der Waals surface area contributed by atoms with E-state index in [-0.39, 0.29) is 5.91 Å². The normalized spacial score (nSPS) is 18.3. The molecule has 0 saturated carbocycles. The molecule has 0 radical (unpaired) electrons. The predicted octanol–water partition coefficient (Wildman–Crippen LogP) is 0.972. The Morgan fingerprint density at radius 3 is 3.14 bits per heavy atom. The maximum Gasteiger partial charge on any atom is 0.240 e. The summed E-state index contributed by atoms with van der Waals surface area (Å²) in [5.74, 6) is -0.410. The zero-order valence-electron chi connectivity index (χ0n) is 11.7. The molecule has 1 fully saturated rings. The summed E-state index contributed by atoms with van der Waals surface area (Å²) < 4.78 is 0. The van der Waals surface area contributed by atoms with Crippen molar-refractivity contribution in [3.8, 4) is 0 Å². The number of hydrogen-bond donors (Lipinski definition) is 2. The molecule has 0 unspecified atom stereocenters. The molecule has 0 aliphatic carbocycles. The third-order valence-electron chi connectivity index (χ3n) is 4.05. The third kappa shape index (κ3) is 2.61. The van der Waals surface area contributed by atoms with Crippen molar-refractivity contribution in [1.82, 2.24) is 14.9 Å². The van der Waals surface area contributed by atoms with Crippen molar-refractivity contribution in [3.63, 3.8) is 0 Å². The number of aryl methyl sites for hydroxylation is 1. The van der Waals surface area contributed by atoms with E-state index in [1.54, 1.807) is 11.1 Å². The van der Waals surface area contributed by atoms with Crippen molar-refractivity contribution in [1.29, 1.82) is 0 Å². The van der Waals surface area contributed by atoms with Crippen LogP contribution < -0.4 is 5.73 Å². The number of nitrogens with one attached hydrogen (secondary N) is 1. The Morgan fingerprint density at radius 2 is 2.33 bits per heavy atom. The standard InChI is InChI=1S/C15H18N4O2/c16-14(21)12-4-2-8-19(12)13(20)6-5-10-9-18-15-11(10)3-1-7-17-15/h1,3,7,9,12H,2,4-6,8H2,(H2,16,21)(H,17,18)/t12-/m0/s1. The topological polar surface area (TPSA) is 92.1 Å². The fraction of sp³-hybridized carbons (Fsp3) is 0.400. The van der Waals surface area contributed by atoms with Crippen molar-refractivity contribution >= 4 is 22.8 Å². The first-order chi connectivity index (χ1) is 10.2. The van der Waals surface area contributed by atoms with Gasteiger partial charge in [0.25, 0.3) is 0 Å². The number of fused-ring (bicyclic) bond motifs is 1. The predicted molar refractivity (Wildman–Crippen MR) is 78.3 cm³/mol. The maximum atomic E-state index is 12.3. The van der Waals surface area contributed by atoms with E-state index in [0.29, 0.717) is 25.8 Å². The number of likely N-dealkylation sites (tertiary alicyclic amines) is 1. The highest BCUT2D eigenvalue weighted by Gasteiger charge is 2.32. The molecule has 2 aromatic heterocycles. The number of rotatable bonds is 4. The quantitative estimate of drug-likeness (QED) is 0.877. The molecule has 3 heterocycles. The van der Waals surface area contributed by atoms with Gasteiger partial charge in [-0.05, 0) is 37.0 Å². The van der Waals surface area contributed by atoms with Gasteiger partial charge in [-0.3, -0.25) is 9.59 Å². The minimum atomic E-state index is -0.429. The SMILES string of the molecule is NC(=O)[C@@H]1CCCN1C(=O)CCc1c[nH]c2ncccc12. The number of aromatic amines is 1. The van der Waals surface area contributed by atoms with E-state index in [1.807, 2.05) is 18.3 Å². The maximum absolute atomic E-state index is 12.3. The molecular weight excluding hydrogens is 268 g/mol. The van der Waals surface area contributed by atoms with Crippen LogP contribution in [0.2, 0.25) is 0 Å². The highest BCUT2D eigenvalue weighted by molar-refractivity contribution is 5.87. The van der Waals surface area contributed by atoms with Gasteiger partial charge in [0.15, 0.2) is 0 Å². The molecule has 21 heavy (non-hydrogen) atoms. The lowest BCUT2D eigenvalue weighted by molar-refractivity contribution is -0.137. The summed E-state index contributed by atoms with van der Waals surface area (Å²) >= 11 is 0. The number of primary amides is 1. The van der Waals surface area contributed by atoms with Gasteiger partial charge in [0.1, 0.15) is 11.7 Å². The number of carbonyl (C=O) groups is 2. The van der Waals surface area contributed by atoms with Crippen molar-refractivity contribution in [2.75, 3.05) is 6.54 Å². The van der Waals surface area contributed by atoms with Crippen molar-refractivity contribution < 1.29 is 9.59 Å². The Hall–Kier alpha value is -2.37. The van der Waals surface area contributed by atoms with Gasteiger partial charge in [-0.2, -0.15) is 0 Å². The van der Waals surface area contributed by atoms with Crippen LogP contribution in [0.1, 0.15) is 24.8 Å². The molecule has 1 atom stereocenters.